The van der Waals surface area contributed by atoms with Crippen molar-refractivity contribution >= 4 is 27.5 Å². The van der Waals surface area contributed by atoms with E-state index in [1.54, 1.807) is 0 Å². The van der Waals surface area contributed by atoms with Gasteiger partial charge in [0, 0.05) is 15.8 Å². The van der Waals surface area contributed by atoms with Crippen molar-refractivity contribution in [3.05, 3.63) is 34.9 Å². The minimum Gasteiger partial charge on any atom is -0.0918 e. The number of halogens is 2. The molecular weight excluding hydrogens is 259 g/mol. The van der Waals surface area contributed by atoms with Gasteiger partial charge in [-0.1, -0.05) is 52.5 Å². The lowest BCUT2D eigenvalue weighted by Crippen LogP contribution is -2.23. The Bertz CT molecular complexity index is 316. The van der Waals surface area contributed by atoms with E-state index in [9.17, 15) is 0 Å². The van der Waals surface area contributed by atoms with Crippen LogP contribution in [0, 0.1) is 0 Å². The Morgan fingerprint density at radius 2 is 2.00 bits per heavy atom. The molecule has 0 heterocycles. The number of hydrogen-bond acceptors (Lipinski definition) is 0. The predicted octanol–water partition coefficient (Wildman–Crippen LogP) is 4.55. The number of rotatable bonds is 2. The summed E-state index contributed by atoms with van der Waals surface area (Å²) >= 11 is 9.68. The van der Waals surface area contributed by atoms with Gasteiger partial charge in [0.1, 0.15) is 0 Å². The van der Waals surface area contributed by atoms with E-state index in [1.807, 2.05) is 6.07 Å². The Morgan fingerprint density at radius 3 is 2.57 bits per heavy atom. The third-order valence-electron chi connectivity index (χ3n) is 3.25. The summed E-state index contributed by atoms with van der Waals surface area (Å²) in [6.07, 6.45) is 5.27. The van der Waals surface area contributed by atoms with Crippen LogP contribution in [0.15, 0.2) is 24.3 Å². The molecular formula is C12H14BrCl. The van der Waals surface area contributed by atoms with Crippen molar-refractivity contribution in [1.82, 2.24) is 0 Å². The lowest BCUT2D eigenvalue weighted by molar-refractivity contribution is 0.505. The van der Waals surface area contributed by atoms with E-state index < -0.39 is 0 Å². The Balaban J connectivity index is 2.35. The van der Waals surface area contributed by atoms with Gasteiger partial charge in [-0.25, -0.2) is 0 Å². The second kappa shape index (κ2) is 4.24. The second-order valence-electron chi connectivity index (χ2n) is 4.13. The number of hydrogen-bond donors (Lipinski definition) is 0. The zero-order valence-corrected chi connectivity index (χ0v) is 10.4. The third kappa shape index (κ3) is 1.85. The molecule has 0 aromatic heterocycles. The van der Waals surface area contributed by atoms with Crippen molar-refractivity contribution < 1.29 is 0 Å². The highest BCUT2D eigenvalue weighted by atomic mass is 79.9. The first kappa shape index (κ1) is 10.5. The second-order valence-corrected chi connectivity index (χ2v) is 5.13. The van der Waals surface area contributed by atoms with E-state index in [-0.39, 0.29) is 0 Å². The summed E-state index contributed by atoms with van der Waals surface area (Å²) in [6.45, 7) is 0. The van der Waals surface area contributed by atoms with Crippen LogP contribution in [0.25, 0.3) is 0 Å². The molecule has 0 amide bonds. The molecule has 1 aliphatic rings. The van der Waals surface area contributed by atoms with Gasteiger partial charge in [-0.05, 0) is 30.5 Å². The fraction of sp³-hybridized carbons (Fsp3) is 0.500. The SMILES string of the molecule is Clc1cccc(C2(CBr)CCCC2)c1. The maximum atomic E-state index is 6.03. The molecule has 0 bridgehead atoms. The van der Waals surface area contributed by atoms with Crippen molar-refractivity contribution in [1.29, 1.82) is 0 Å². The molecule has 0 unspecified atom stereocenters. The molecule has 0 spiro atoms. The highest BCUT2D eigenvalue weighted by Crippen LogP contribution is 2.42. The molecule has 0 saturated heterocycles. The molecule has 1 aliphatic carbocycles. The van der Waals surface area contributed by atoms with E-state index in [1.165, 1.54) is 31.2 Å². The third-order valence-corrected chi connectivity index (χ3v) is 4.56. The molecule has 0 aliphatic heterocycles. The summed E-state index contributed by atoms with van der Waals surface area (Å²) in [6, 6.07) is 8.33. The first-order chi connectivity index (χ1) is 6.77. The minimum atomic E-state index is 0.352. The fourth-order valence-electron chi connectivity index (χ4n) is 2.37. The van der Waals surface area contributed by atoms with E-state index in [0.29, 0.717) is 5.41 Å². The van der Waals surface area contributed by atoms with Gasteiger partial charge in [-0.15, -0.1) is 0 Å². The molecule has 0 N–H and O–H groups in total. The maximum absolute atomic E-state index is 6.03. The molecule has 0 nitrogen and oxygen atoms in total. The smallest absolute Gasteiger partial charge is 0.0408 e. The Morgan fingerprint density at radius 1 is 1.29 bits per heavy atom. The van der Waals surface area contributed by atoms with E-state index in [0.717, 1.165) is 10.4 Å². The molecule has 2 rings (SSSR count). The van der Waals surface area contributed by atoms with Gasteiger partial charge >= 0.3 is 0 Å². The largest absolute Gasteiger partial charge is 0.0918 e. The average molecular weight is 274 g/mol. The van der Waals surface area contributed by atoms with Crippen LogP contribution in [-0.4, -0.2) is 5.33 Å². The molecule has 0 radical (unpaired) electrons. The van der Waals surface area contributed by atoms with Crippen LogP contribution >= 0.6 is 27.5 Å². The Kier molecular flexibility index (Phi) is 3.18. The van der Waals surface area contributed by atoms with Crippen molar-refractivity contribution in [3.8, 4) is 0 Å². The Labute approximate surface area is 98.8 Å². The van der Waals surface area contributed by atoms with Gasteiger partial charge in [-0.3, -0.25) is 0 Å². The summed E-state index contributed by atoms with van der Waals surface area (Å²) in [7, 11) is 0. The van der Waals surface area contributed by atoms with Gasteiger partial charge in [-0.2, -0.15) is 0 Å². The van der Waals surface area contributed by atoms with Crippen molar-refractivity contribution in [2.75, 3.05) is 5.33 Å². The summed E-state index contributed by atoms with van der Waals surface area (Å²) in [5.41, 5.74) is 1.75. The lowest BCUT2D eigenvalue weighted by Gasteiger charge is -2.27. The number of benzene rings is 1. The monoisotopic (exact) mass is 272 g/mol. The van der Waals surface area contributed by atoms with Gasteiger partial charge in [0.15, 0.2) is 0 Å². The number of alkyl halides is 1. The van der Waals surface area contributed by atoms with Crippen LogP contribution in [0.2, 0.25) is 5.02 Å². The first-order valence-electron chi connectivity index (χ1n) is 5.09. The summed E-state index contributed by atoms with van der Waals surface area (Å²) < 4.78 is 0. The maximum Gasteiger partial charge on any atom is 0.0408 e. The fourth-order valence-corrected chi connectivity index (χ4v) is 3.44. The van der Waals surface area contributed by atoms with Gasteiger partial charge < -0.3 is 0 Å². The van der Waals surface area contributed by atoms with Crippen LogP contribution < -0.4 is 0 Å². The van der Waals surface area contributed by atoms with Gasteiger partial charge in [0.05, 0.1) is 0 Å². The summed E-state index contributed by atoms with van der Waals surface area (Å²) in [5, 5.41) is 1.91. The molecule has 0 atom stereocenters. The topological polar surface area (TPSA) is 0 Å². The Hall–Kier alpha value is -0.0100. The van der Waals surface area contributed by atoms with Crippen molar-refractivity contribution in [3.63, 3.8) is 0 Å². The quantitative estimate of drug-likeness (QED) is 0.694. The molecule has 14 heavy (non-hydrogen) atoms. The molecule has 1 aromatic rings. The molecule has 1 fully saturated rings. The molecule has 1 aromatic carbocycles. The van der Waals surface area contributed by atoms with E-state index in [2.05, 4.69) is 34.1 Å². The zero-order chi connectivity index (χ0) is 10.0. The van der Waals surface area contributed by atoms with Crippen LogP contribution in [0.1, 0.15) is 31.2 Å². The van der Waals surface area contributed by atoms with E-state index >= 15 is 0 Å². The average Bonchev–Trinajstić information content (AvgIpc) is 2.67. The van der Waals surface area contributed by atoms with Crippen LogP contribution in [0.3, 0.4) is 0 Å². The minimum absolute atomic E-state index is 0.352. The van der Waals surface area contributed by atoms with Crippen molar-refractivity contribution in [2.45, 2.75) is 31.1 Å². The highest BCUT2D eigenvalue weighted by Gasteiger charge is 2.34. The van der Waals surface area contributed by atoms with Crippen LogP contribution in [0.4, 0.5) is 0 Å². The summed E-state index contributed by atoms with van der Waals surface area (Å²) in [5.74, 6) is 0. The summed E-state index contributed by atoms with van der Waals surface area (Å²) in [4.78, 5) is 0. The molecule has 2 heteroatoms. The van der Waals surface area contributed by atoms with Crippen molar-refractivity contribution in [2.24, 2.45) is 0 Å². The van der Waals surface area contributed by atoms with Gasteiger partial charge in [0.25, 0.3) is 0 Å². The lowest BCUT2D eigenvalue weighted by atomic mass is 9.81. The molecule has 76 valence electrons. The molecule has 1 saturated carbocycles. The van der Waals surface area contributed by atoms with E-state index in [4.69, 9.17) is 11.6 Å². The predicted molar refractivity (Wildman–Crippen MR) is 65.4 cm³/mol. The first-order valence-corrected chi connectivity index (χ1v) is 6.59. The highest BCUT2D eigenvalue weighted by molar-refractivity contribution is 9.09. The van der Waals surface area contributed by atoms with Gasteiger partial charge in [0.2, 0.25) is 0 Å². The zero-order valence-electron chi connectivity index (χ0n) is 8.10. The van der Waals surface area contributed by atoms with Crippen LogP contribution in [-0.2, 0) is 5.41 Å². The normalized spacial score (nSPS) is 19.9. The van der Waals surface area contributed by atoms with Crippen LogP contribution in [0.5, 0.6) is 0 Å². The standard InChI is InChI=1S/C12H14BrCl/c13-9-12(6-1-2-7-12)10-4-3-5-11(14)8-10/h3-5,8H,1-2,6-7,9H2.